The van der Waals surface area contributed by atoms with Gasteiger partial charge < -0.3 is 19.8 Å². The molecule has 1 aromatic carbocycles. The van der Waals surface area contributed by atoms with Crippen molar-refractivity contribution in [1.82, 2.24) is 4.98 Å². The fourth-order valence-electron chi connectivity index (χ4n) is 2.06. The lowest BCUT2D eigenvalue weighted by atomic mass is 10.2. The van der Waals surface area contributed by atoms with Gasteiger partial charge in [-0.2, -0.15) is 0 Å². The molecule has 108 valence electrons. The molecule has 3 rings (SSSR count). The van der Waals surface area contributed by atoms with Gasteiger partial charge in [0.1, 0.15) is 17.2 Å². The molecule has 0 unspecified atom stereocenters. The van der Waals surface area contributed by atoms with Crippen molar-refractivity contribution < 1.29 is 14.3 Å². The zero-order valence-electron chi connectivity index (χ0n) is 11.6. The fraction of sp³-hybridized carbons (Fsp3) is 0.133. The Kier molecular flexibility index (Phi) is 3.53. The number of rotatable bonds is 4. The molecule has 0 atom stereocenters. The number of anilines is 1. The summed E-state index contributed by atoms with van der Waals surface area (Å²) in [6, 6.07) is 9.03. The summed E-state index contributed by atoms with van der Waals surface area (Å²) in [5.41, 5.74) is 2.09. The molecular weight excluding hydrogens is 288 g/mol. The molecule has 0 spiro atoms. The summed E-state index contributed by atoms with van der Waals surface area (Å²) in [6.45, 7) is 0. The molecule has 0 aliphatic carbocycles. The van der Waals surface area contributed by atoms with Crippen LogP contribution in [0.15, 0.2) is 35.7 Å². The second-order valence-electron chi connectivity index (χ2n) is 4.40. The first-order chi connectivity index (χ1) is 10.2. The molecule has 6 heteroatoms. The molecular formula is C15H14N2O3S. The molecule has 21 heavy (non-hydrogen) atoms. The number of amides is 1. The van der Waals surface area contributed by atoms with Crippen LogP contribution in [0.25, 0.3) is 10.2 Å². The van der Waals surface area contributed by atoms with E-state index < -0.39 is 0 Å². The number of hydrogen-bond acceptors (Lipinski definition) is 4. The van der Waals surface area contributed by atoms with Crippen LogP contribution in [-0.2, 0) is 0 Å². The highest BCUT2D eigenvalue weighted by atomic mass is 32.1. The van der Waals surface area contributed by atoms with Gasteiger partial charge in [0, 0.05) is 6.07 Å². The predicted octanol–water partition coefficient (Wildman–Crippen LogP) is 3.50. The van der Waals surface area contributed by atoms with E-state index in [-0.39, 0.29) is 5.91 Å². The number of benzene rings is 1. The first-order valence-electron chi connectivity index (χ1n) is 6.31. The highest BCUT2D eigenvalue weighted by Gasteiger charge is 2.13. The lowest BCUT2D eigenvalue weighted by Gasteiger charge is -2.11. The van der Waals surface area contributed by atoms with Crippen molar-refractivity contribution in [2.45, 2.75) is 0 Å². The molecule has 0 saturated heterocycles. The summed E-state index contributed by atoms with van der Waals surface area (Å²) in [5, 5.41) is 4.82. The number of fused-ring (bicyclic) bond motifs is 1. The molecule has 0 aliphatic heterocycles. The molecule has 2 heterocycles. The Bertz CT molecular complexity index is 763. The van der Waals surface area contributed by atoms with Gasteiger partial charge in [-0.3, -0.25) is 4.79 Å². The van der Waals surface area contributed by atoms with E-state index in [0.29, 0.717) is 22.9 Å². The Balaban J connectivity index is 1.85. The van der Waals surface area contributed by atoms with E-state index in [4.69, 9.17) is 9.47 Å². The van der Waals surface area contributed by atoms with Gasteiger partial charge in [0.25, 0.3) is 5.91 Å². The number of H-pyrrole nitrogens is 1. The minimum absolute atomic E-state index is 0.207. The van der Waals surface area contributed by atoms with Crippen LogP contribution in [0.2, 0.25) is 0 Å². The van der Waals surface area contributed by atoms with Gasteiger partial charge in [-0.15, -0.1) is 11.3 Å². The molecule has 0 saturated carbocycles. The molecule has 2 aromatic heterocycles. The minimum atomic E-state index is -0.207. The highest BCUT2D eigenvalue weighted by Crippen LogP contribution is 2.29. The summed E-state index contributed by atoms with van der Waals surface area (Å²) < 4.78 is 11.5. The summed E-state index contributed by atoms with van der Waals surface area (Å²) in [4.78, 5) is 15.4. The molecule has 0 aliphatic rings. The molecule has 0 fully saturated rings. The van der Waals surface area contributed by atoms with Crippen LogP contribution < -0.4 is 14.8 Å². The number of carbonyl (C=O) groups is 1. The van der Waals surface area contributed by atoms with E-state index in [0.717, 1.165) is 10.2 Å². The third-order valence-electron chi connectivity index (χ3n) is 3.14. The predicted molar refractivity (Wildman–Crippen MR) is 83.7 cm³/mol. The Morgan fingerprint density at radius 3 is 2.76 bits per heavy atom. The number of aromatic nitrogens is 1. The number of methoxy groups -OCH3 is 2. The molecule has 1 amide bonds. The average molecular weight is 302 g/mol. The maximum absolute atomic E-state index is 12.3. The number of aromatic amines is 1. The number of hydrogen-bond donors (Lipinski definition) is 2. The zero-order chi connectivity index (χ0) is 14.8. The van der Waals surface area contributed by atoms with Gasteiger partial charge in [-0.1, -0.05) is 0 Å². The van der Waals surface area contributed by atoms with Crippen LogP contribution >= 0.6 is 11.3 Å². The summed E-state index contributed by atoms with van der Waals surface area (Å²) in [6.07, 6.45) is 0. The SMILES string of the molecule is COc1ccc(NC(=O)c2cc3sccc3[nH]2)c(OC)c1. The summed E-state index contributed by atoms with van der Waals surface area (Å²) >= 11 is 1.59. The van der Waals surface area contributed by atoms with Crippen molar-refractivity contribution in [2.24, 2.45) is 0 Å². The molecule has 5 nitrogen and oxygen atoms in total. The van der Waals surface area contributed by atoms with Crippen molar-refractivity contribution >= 4 is 33.1 Å². The van der Waals surface area contributed by atoms with Crippen LogP contribution in [-0.4, -0.2) is 25.1 Å². The summed E-state index contributed by atoms with van der Waals surface area (Å²) in [7, 11) is 3.13. The van der Waals surface area contributed by atoms with E-state index >= 15 is 0 Å². The topological polar surface area (TPSA) is 63.3 Å². The van der Waals surface area contributed by atoms with Crippen LogP contribution in [0.1, 0.15) is 10.5 Å². The number of thiophene rings is 1. The lowest BCUT2D eigenvalue weighted by molar-refractivity contribution is 0.102. The molecule has 0 bridgehead atoms. The summed E-state index contributed by atoms with van der Waals surface area (Å²) in [5.74, 6) is 1.02. The standard InChI is InChI=1S/C15H14N2O3S/c1-19-9-3-4-10(13(7-9)20-2)17-15(18)12-8-14-11(16-12)5-6-21-14/h3-8,16H,1-2H3,(H,17,18). The smallest absolute Gasteiger partial charge is 0.272 e. The van der Waals surface area contributed by atoms with Crippen molar-refractivity contribution in [1.29, 1.82) is 0 Å². The van der Waals surface area contributed by atoms with Gasteiger partial charge in [0.05, 0.1) is 30.1 Å². The Morgan fingerprint density at radius 1 is 1.19 bits per heavy atom. The Hall–Kier alpha value is -2.47. The maximum atomic E-state index is 12.3. The van der Waals surface area contributed by atoms with Crippen LogP contribution in [0.4, 0.5) is 5.69 Å². The van der Waals surface area contributed by atoms with Crippen molar-refractivity contribution in [3.05, 3.63) is 41.4 Å². The lowest BCUT2D eigenvalue weighted by Crippen LogP contribution is -2.13. The quantitative estimate of drug-likeness (QED) is 0.775. The van der Waals surface area contributed by atoms with E-state index in [1.54, 1.807) is 43.8 Å². The monoisotopic (exact) mass is 302 g/mol. The van der Waals surface area contributed by atoms with E-state index in [2.05, 4.69) is 10.3 Å². The van der Waals surface area contributed by atoms with E-state index in [9.17, 15) is 4.79 Å². The molecule has 2 N–H and O–H groups in total. The van der Waals surface area contributed by atoms with Gasteiger partial charge in [-0.05, 0) is 29.6 Å². The van der Waals surface area contributed by atoms with Gasteiger partial charge >= 0.3 is 0 Å². The zero-order valence-corrected chi connectivity index (χ0v) is 12.4. The second kappa shape index (κ2) is 5.49. The van der Waals surface area contributed by atoms with Gasteiger partial charge in [-0.25, -0.2) is 0 Å². The average Bonchev–Trinajstić information content (AvgIpc) is 3.08. The van der Waals surface area contributed by atoms with Gasteiger partial charge in [0.2, 0.25) is 0 Å². The minimum Gasteiger partial charge on any atom is -0.497 e. The van der Waals surface area contributed by atoms with E-state index in [1.165, 1.54) is 0 Å². The molecule has 0 radical (unpaired) electrons. The first kappa shape index (κ1) is 13.5. The third kappa shape index (κ3) is 2.57. The van der Waals surface area contributed by atoms with Crippen molar-refractivity contribution in [3.8, 4) is 11.5 Å². The maximum Gasteiger partial charge on any atom is 0.272 e. The van der Waals surface area contributed by atoms with E-state index in [1.807, 2.05) is 17.5 Å². The normalized spacial score (nSPS) is 10.6. The highest BCUT2D eigenvalue weighted by molar-refractivity contribution is 7.17. The molecule has 3 aromatic rings. The number of nitrogens with one attached hydrogen (secondary N) is 2. The van der Waals surface area contributed by atoms with Crippen LogP contribution in [0.5, 0.6) is 11.5 Å². The Morgan fingerprint density at radius 2 is 2.05 bits per heavy atom. The van der Waals surface area contributed by atoms with Gasteiger partial charge in [0.15, 0.2) is 0 Å². The fourth-order valence-corrected chi connectivity index (χ4v) is 2.84. The van der Waals surface area contributed by atoms with Crippen LogP contribution in [0, 0.1) is 0 Å². The van der Waals surface area contributed by atoms with Crippen molar-refractivity contribution in [3.63, 3.8) is 0 Å². The number of carbonyl (C=O) groups excluding carboxylic acids is 1. The van der Waals surface area contributed by atoms with Crippen molar-refractivity contribution in [2.75, 3.05) is 19.5 Å². The largest absolute Gasteiger partial charge is 0.497 e. The first-order valence-corrected chi connectivity index (χ1v) is 7.19. The second-order valence-corrected chi connectivity index (χ2v) is 5.35. The van der Waals surface area contributed by atoms with Crippen LogP contribution in [0.3, 0.4) is 0 Å². The number of ether oxygens (including phenoxy) is 2. The third-order valence-corrected chi connectivity index (χ3v) is 4.01. The Labute approximate surface area is 125 Å².